The Morgan fingerprint density at radius 2 is 2.04 bits per heavy atom. The van der Waals surface area contributed by atoms with Crippen LogP contribution in [0, 0.1) is 17.5 Å². The molecule has 2 heterocycles. The smallest absolute Gasteiger partial charge is 0.257 e. The molecular weight excluding hydrogens is 351 g/mol. The first-order chi connectivity index (χ1) is 12.3. The molecule has 2 amide bonds. The van der Waals surface area contributed by atoms with Crippen molar-refractivity contribution in [1.29, 1.82) is 0 Å². The molecule has 138 valence electrons. The summed E-state index contributed by atoms with van der Waals surface area (Å²) in [6.07, 6.45) is 2.17. The Balaban J connectivity index is 2.10. The molecule has 2 aromatic rings. The lowest BCUT2D eigenvalue weighted by Crippen LogP contribution is -2.50. The van der Waals surface area contributed by atoms with Crippen LogP contribution in [0.2, 0.25) is 0 Å². The van der Waals surface area contributed by atoms with Gasteiger partial charge in [0.25, 0.3) is 5.91 Å². The van der Waals surface area contributed by atoms with E-state index in [9.17, 15) is 27.6 Å². The molecule has 1 fully saturated rings. The van der Waals surface area contributed by atoms with Crippen LogP contribution >= 0.6 is 0 Å². The minimum atomic E-state index is -1.69. The first-order valence-electron chi connectivity index (χ1n) is 8.14. The van der Waals surface area contributed by atoms with E-state index in [1.54, 1.807) is 6.92 Å². The zero-order valence-electron chi connectivity index (χ0n) is 13.9. The number of nitrogens with one attached hydrogen (secondary N) is 2. The highest BCUT2D eigenvalue weighted by Crippen LogP contribution is 2.22. The SMILES string of the molecule is CCn1cc(C(=O)N[C@@H]2CCCNC2=O)c(=O)c2cc(F)c(F)c(F)c21. The Kier molecular flexibility index (Phi) is 4.71. The number of rotatable bonds is 3. The molecule has 0 saturated carbocycles. The molecule has 0 spiro atoms. The highest BCUT2D eigenvalue weighted by Gasteiger charge is 2.27. The van der Waals surface area contributed by atoms with Crippen molar-refractivity contribution in [2.24, 2.45) is 0 Å². The lowest BCUT2D eigenvalue weighted by atomic mass is 10.1. The summed E-state index contributed by atoms with van der Waals surface area (Å²) in [6, 6.07) is -0.213. The van der Waals surface area contributed by atoms with Crippen LogP contribution in [-0.2, 0) is 11.3 Å². The van der Waals surface area contributed by atoms with Crippen molar-refractivity contribution in [1.82, 2.24) is 15.2 Å². The second-order valence-corrected chi connectivity index (χ2v) is 6.00. The summed E-state index contributed by atoms with van der Waals surface area (Å²) in [4.78, 5) is 36.8. The molecule has 3 rings (SSSR count). The van der Waals surface area contributed by atoms with Crippen LogP contribution in [0.4, 0.5) is 13.2 Å². The van der Waals surface area contributed by atoms with Gasteiger partial charge < -0.3 is 15.2 Å². The molecule has 0 bridgehead atoms. The summed E-state index contributed by atoms with van der Waals surface area (Å²) in [7, 11) is 0. The highest BCUT2D eigenvalue weighted by molar-refractivity contribution is 6.00. The molecule has 26 heavy (non-hydrogen) atoms. The topological polar surface area (TPSA) is 80.2 Å². The molecule has 1 saturated heterocycles. The Hall–Kier alpha value is -2.84. The van der Waals surface area contributed by atoms with Crippen LogP contribution in [-0.4, -0.2) is 29.0 Å². The van der Waals surface area contributed by atoms with Gasteiger partial charge in [0.15, 0.2) is 17.5 Å². The lowest BCUT2D eigenvalue weighted by Gasteiger charge is -2.23. The van der Waals surface area contributed by atoms with Crippen LogP contribution in [0.1, 0.15) is 30.1 Å². The van der Waals surface area contributed by atoms with Crippen molar-refractivity contribution < 1.29 is 22.8 Å². The van der Waals surface area contributed by atoms with Gasteiger partial charge in [-0.05, 0) is 25.8 Å². The summed E-state index contributed by atoms with van der Waals surface area (Å²) in [5.41, 5.74) is -1.72. The van der Waals surface area contributed by atoms with E-state index < -0.39 is 45.7 Å². The minimum absolute atomic E-state index is 0.114. The number of amides is 2. The Morgan fingerprint density at radius 3 is 2.69 bits per heavy atom. The molecule has 1 aromatic heterocycles. The van der Waals surface area contributed by atoms with Crippen molar-refractivity contribution in [3.8, 4) is 0 Å². The van der Waals surface area contributed by atoms with E-state index in [0.29, 0.717) is 25.5 Å². The first kappa shape index (κ1) is 18.0. The van der Waals surface area contributed by atoms with Gasteiger partial charge in [0.2, 0.25) is 11.3 Å². The quantitative estimate of drug-likeness (QED) is 0.806. The molecule has 1 atom stereocenters. The second kappa shape index (κ2) is 6.81. The minimum Gasteiger partial charge on any atom is -0.354 e. The normalized spacial score (nSPS) is 17.2. The molecule has 0 aliphatic carbocycles. The van der Waals surface area contributed by atoms with Crippen LogP contribution in [0.25, 0.3) is 10.9 Å². The van der Waals surface area contributed by atoms with Crippen molar-refractivity contribution in [3.63, 3.8) is 0 Å². The lowest BCUT2D eigenvalue weighted by molar-refractivity contribution is -0.124. The molecule has 9 heteroatoms. The highest BCUT2D eigenvalue weighted by atomic mass is 19.2. The molecule has 1 aliphatic heterocycles. The maximum atomic E-state index is 14.1. The number of piperidine rings is 1. The number of nitrogens with zero attached hydrogens (tertiary/aromatic N) is 1. The maximum absolute atomic E-state index is 14.1. The number of carbonyl (C=O) groups is 2. The molecule has 0 radical (unpaired) electrons. The number of carbonyl (C=O) groups excluding carboxylic acids is 2. The average molecular weight is 367 g/mol. The predicted molar refractivity (Wildman–Crippen MR) is 87.3 cm³/mol. The van der Waals surface area contributed by atoms with E-state index in [1.165, 1.54) is 0 Å². The molecule has 6 nitrogen and oxygen atoms in total. The van der Waals surface area contributed by atoms with E-state index >= 15 is 0 Å². The fourth-order valence-corrected chi connectivity index (χ4v) is 3.02. The number of benzene rings is 1. The number of fused-ring (bicyclic) bond motifs is 1. The van der Waals surface area contributed by atoms with Gasteiger partial charge in [0.05, 0.1) is 10.9 Å². The van der Waals surface area contributed by atoms with Crippen LogP contribution in [0.15, 0.2) is 17.1 Å². The van der Waals surface area contributed by atoms with Crippen LogP contribution in [0.3, 0.4) is 0 Å². The number of aryl methyl sites for hydroxylation is 1. The zero-order chi connectivity index (χ0) is 19.0. The third-order valence-electron chi connectivity index (χ3n) is 4.37. The van der Waals surface area contributed by atoms with E-state index in [0.717, 1.165) is 10.8 Å². The van der Waals surface area contributed by atoms with Gasteiger partial charge in [0, 0.05) is 19.3 Å². The first-order valence-corrected chi connectivity index (χ1v) is 8.14. The second-order valence-electron chi connectivity index (χ2n) is 6.00. The summed E-state index contributed by atoms with van der Waals surface area (Å²) in [6.45, 7) is 2.22. The third-order valence-corrected chi connectivity index (χ3v) is 4.37. The van der Waals surface area contributed by atoms with E-state index in [-0.39, 0.29) is 18.0 Å². The number of hydrogen-bond donors (Lipinski definition) is 2. The molecular formula is C17H16F3N3O3. The number of hydrogen-bond acceptors (Lipinski definition) is 3. The van der Waals surface area contributed by atoms with Gasteiger partial charge in [-0.2, -0.15) is 0 Å². The van der Waals surface area contributed by atoms with Crippen molar-refractivity contribution >= 4 is 22.7 Å². The number of halogens is 3. The van der Waals surface area contributed by atoms with Gasteiger partial charge in [-0.25, -0.2) is 13.2 Å². The maximum Gasteiger partial charge on any atom is 0.257 e. The van der Waals surface area contributed by atoms with E-state index in [2.05, 4.69) is 10.6 Å². The summed E-state index contributed by atoms with van der Waals surface area (Å²) in [5, 5.41) is 4.61. The summed E-state index contributed by atoms with van der Waals surface area (Å²) < 4.78 is 42.4. The number of pyridine rings is 1. The summed E-state index contributed by atoms with van der Waals surface area (Å²) >= 11 is 0. The largest absolute Gasteiger partial charge is 0.354 e. The van der Waals surface area contributed by atoms with E-state index in [1.807, 2.05) is 0 Å². The van der Waals surface area contributed by atoms with Crippen LogP contribution < -0.4 is 16.1 Å². The van der Waals surface area contributed by atoms with Crippen LogP contribution in [0.5, 0.6) is 0 Å². The fraction of sp³-hybridized carbons (Fsp3) is 0.353. The Bertz CT molecular complexity index is 971. The molecule has 2 N–H and O–H groups in total. The molecule has 0 unspecified atom stereocenters. The van der Waals surface area contributed by atoms with Gasteiger partial charge in [-0.3, -0.25) is 14.4 Å². The Morgan fingerprint density at radius 1 is 1.31 bits per heavy atom. The van der Waals surface area contributed by atoms with Gasteiger partial charge in [-0.1, -0.05) is 0 Å². The van der Waals surface area contributed by atoms with Crippen molar-refractivity contribution in [2.75, 3.05) is 6.54 Å². The summed E-state index contributed by atoms with van der Waals surface area (Å²) in [5.74, 6) is -5.88. The van der Waals surface area contributed by atoms with Crippen molar-refractivity contribution in [2.45, 2.75) is 32.4 Å². The molecule has 1 aliphatic rings. The standard InChI is InChI=1S/C17H16F3N3O3/c1-2-23-7-9(16(25)22-11-4-3-5-21-17(11)26)15(24)8-6-10(18)12(19)13(20)14(8)23/h6-7,11H,2-5H2,1H3,(H,21,26)(H,22,25)/t11-/m1/s1. The predicted octanol–water partition coefficient (Wildman–Crippen LogP) is 1.45. The monoisotopic (exact) mass is 367 g/mol. The zero-order valence-corrected chi connectivity index (χ0v) is 13.9. The number of aromatic nitrogens is 1. The van der Waals surface area contributed by atoms with Crippen molar-refractivity contribution in [3.05, 3.63) is 45.5 Å². The fourth-order valence-electron chi connectivity index (χ4n) is 3.02. The molecule has 1 aromatic carbocycles. The third kappa shape index (κ3) is 2.93. The average Bonchev–Trinajstić information content (AvgIpc) is 2.62. The van der Waals surface area contributed by atoms with Gasteiger partial charge in [-0.15, -0.1) is 0 Å². The van der Waals surface area contributed by atoms with Gasteiger partial charge in [0.1, 0.15) is 11.6 Å². The van der Waals surface area contributed by atoms with E-state index in [4.69, 9.17) is 0 Å². The van der Waals surface area contributed by atoms with Gasteiger partial charge >= 0.3 is 0 Å². The Labute approximate surface area is 146 Å².